The molecule has 5 heteroatoms. The highest BCUT2D eigenvalue weighted by molar-refractivity contribution is 6.34. The molecule has 0 spiro atoms. The Bertz CT molecular complexity index is 448. The van der Waals surface area contributed by atoms with Crippen molar-refractivity contribution < 1.29 is 9.53 Å². The van der Waals surface area contributed by atoms with E-state index in [1.54, 1.807) is 4.68 Å². The second-order valence-electron chi connectivity index (χ2n) is 5.24. The van der Waals surface area contributed by atoms with Crippen molar-refractivity contribution in [2.24, 2.45) is 0 Å². The summed E-state index contributed by atoms with van der Waals surface area (Å²) in [6.07, 6.45) is 4.29. The fourth-order valence-corrected chi connectivity index (χ4v) is 2.52. The van der Waals surface area contributed by atoms with E-state index in [2.05, 4.69) is 5.10 Å². The van der Waals surface area contributed by atoms with E-state index >= 15 is 0 Å². The molecular formula is C13H19ClN2O2. The van der Waals surface area contributed by atoms with Gasteiger partial charge >= 0.3 is 0 Å². The minimum absolute atomic E-state index is 0.0570. The average Bonchev–Trinajstić information content (AvgIpc) is 2.71. The van der Waals surface area contributed by atoms with Crippen LogP contribution in [0.3, 0.4) is 0 Å². The Morgan fingerprint density at radius 1 is 1.56 bits per heavy atom. The molecule has 2 heterocycles. The second-order valence-corrected chi connectivity index (χ2v) is 5.65. The second kappa shape index (κ2) is 5.02. The third kappa shape index (κ3) is 2.31. The van der Waals surface area contributed by atoms with Gasteiger partial charge in [-0.25, -0.2) is 0 Å². The summed E-state index contributed by atoms with van der Waals surface area (Å²) < 4.78 is 7.37. The molecule has 1 unspecified atom stereocenters. The Morgan fingerprint density at radius 2 is 2.28 bits per heavy atom. The Hall–Kier alpha value is -0.870. The van der Waals surface area contributed by atoms with Crippen molar-refractivity contribution in [2.45, 2.75) is 51.7 Å². The van der Waals surface area contributed by atoms with Crippen LogP contribution in [-0.2, 0) is 4.74 Å². The van der Waals surface area contributed by atoms with Crippen LogP contribution in [0.15, 0.2) is 6.20 Å². The molecule has 18 heavy (non-hydrogen) atoms. The Balaban J connectivity index is 2.36. The molecule has 100 valence electrons. The maximum Gasteiger partial charge on any atom is 0.213 e. The lowest BCUT2D eigenvalue weighted by molar-refractivity contribution is -0.0432. The predicted octanol–water partition coefficient (Wildman–Crippen LogP) is 3.26. The third-order valence-corrected chi connectivity index (χ3v) is 3.68. The molecule has 1 aliphatic heterocycles. The standard InChI is InChI=1S/C13H19ClN2O2/c1-9(2)16-11(10(14)8-15-16)12(17)13(3)6-4-5-7-18-13/h8-9H,4-7H2,1-3H3. The summed E-state index contributed by atoms with van der Waals surface area (Å²) in [6, 6.07) is 0.101. The third-order valence-electron chi connectivity index (χ3n) is 3.40. The van der Waals surface area contributed by atoms with Crippen LogP contribution in [0, 0.1) is 0 Å². The average molecular weight is 271 g/mol. The number of ketones is 1. The fourth-order valence-electron chi connectivity index (χ4n) is 2.31. The van der Waals surface area contributed by atoms with Crippen molar-refractivity contribution >= 4 is 17.4 Å². The maximum absolute atomic E-state index is 12.7. The van der Waals surface area contributed by atoms with Crippen LogP contribution in [-0.4, -0.2) is 27.8 Å². The molecule has 0 saturated carbocycles. The first-order valence-electron chi connectivity index (χ1n) is 6.37. The Labute approximate surface area is 112 Å². The number of ether oxygens (including phenoxy) is 1. The first kappa shape index (κ1) is 13.6. The van der Waals surface area contributed by atoms with Gasteiger partial charge in [-0.1, -0.05) is 11.6 Å². The van der Waals surface area contributed by atoms with Crippen molar-refractivity contribution in [1.29, 1.82) is 0 Å². The lowest BCUT2D eigenvalue weighted by Gasteiger charge is -2.32. The van der Waals surface area contributed by atoms with E-state index in [1.807, 2.05) is 20.8 Å². The molecule has 0 aliphatic carbocycles. The minimum atomic E-state index is -0.755. The normalized spacial score (nSPS) is 24.5. The minimum Gasteiger partial charge on any atom is -0.367 e. The van der Waals surface area contributed by atoms with Crippen molar-refractivity contribution in [3.8, 4) is 0 Å². The molecule has 1 aromatic heterocycles. The zero-order chi connectivity index (χ0) is 13.3. The van der Waals surface area contributed by atoms with Gasteiger partial charge in [0, 0.05) is 12.6 Å². The van der Waals surface area contributed by atoms with E-state index in [-0.39, 0.29) is 11.8 Å². The zero-order valence-electron chi connectivity index (χ0n) is 11.1. The Kier molecular flexibility index (Phi) is 3.78. The van der Waals surface area contributed by atoms with Crippen molar-refractivity contribution in [3.05, 3.63) is 16.9 Å². The SMILES string of the molecule is CC(C)n1ncc(Cl)c1C(=O)C1(C)CCCCO1. The molecule has 1 fully saturated rings. The van der Waals surface area contributed by atoms with Gasteiger partial charge in [-0.05, 0) is 40.0 Å². The topological polar surface area (TPSA) is 44.1 Å². The van der Waals surface area contributed by atoms with Crippen molar-refractivity contribution in [2.75, 3.05) is 6.61 Å². The lowest BCUT2D eigenvalue weighted by atomic mass is 9.89. The molecule has 4 nitrogen and oxygen atoms in total. The first-order valence-corrected chi connectivity index (χ1v) is 6.75. The van der Waals surface area contributed by atoms with Crippen LogP contribution < -0.4 is 0 Å². The number of nitrogens with zero attached hydrogens (tertiary/aromatic N) is 2. The molecule has 1 atom stereocenters. The van der Waals surface area contributed by atoms with Gasteiger partial charge < -0.3 is 4.74 Å². The van der Waals surface area contributed by atoms with E-state index in [0.717, 1.165) is 19.3 Å². The summed E-state index contributed by atoms with van der Waals surface area (Å²) in [5, 5.41) is 4.58. The monoisotopic (exact) mass is 270 g/mol. The highest BCUT2D eigenvalue weighted by Crippen LogP contribution is 2.31. The largest absolute Gasteiger partial charge is 0.367 e. The molecule has 0 aromatic carbocycles. The van der Waals surface area contributed by atoms with Gasteiger partial charge in [0.1, 0.15) is 11.3 Å². The Morgan fingerprint density at radius 3 is 2.83 bits per heavy atom. The summed E-state index contributed by atoms with van der Waals surface area (Å²) in [7, 11) is 0. The van der Waals surface area contributed by atoms with Crippen molar-refractivity contribution in [3.63, 3.8) is 0 Å². The van der Waals surface area contributed by atoms with E-state index in [0.29, 0.717) is 17.3 Å². The van der Waals surface area contributed by atoms with Crippen LogP contribution in [0.1, 0.15) is 56.6 Å². The number of carbonyl (C=O) groups excluding carboxylic acids is 1. The number of Topliss-reactive ketones (excluding diaryl/α,β-unsaturated/α-hetero) is 1. The number of aromatic nitrogens is 2. The predicted molar refractivity (Wildman–Crippen MR) is 70.2 cm³/mol. The van der Waals surface area contributed by atoms with E-state index in [9.17, 15) is 4.79 Å². The summed E-state index contributed by atoms with van der Waals surface area (Å²) in [5.74, 6) is -0.0570. The number of halogens is 1. The number of hydrogen-bond acceptors (Lipinski definition) is 3. The van der Waals surface area contributed by atoms with Crippen molar-refractivity contribution in [1.82, 2.24) is 9.78 Å². The maximum atomic E-state index is 12.7. The molecule has 0 bridgehead atoms. The van der Waals surface area contributed by atoms with Crippen LogP contribution >= 0.6 is 11.6 Å². The zero-order valence-corrected chi connectivity index (χ0v) is 11.8. The van der Waals surface area contributed by atoms with Crippen LogP contribution in [0.25, 0.3) is 0 Å². The first-order chi connectivity index (χ1) is 8.46. The molecule has 0 N–H and O–H groups in total. The smallest absolute Gasteiger partial charge is 0.213 e. The molecule has 1 aliphatic rings. The quantitative estimate of drug-likeness (QED) is 0.792. The van der Waals surface area contributed by atoms with Crippen LogP contribution in [0.5, 0.6) is 0 Å². The van der Waals surface area contributed by atoms with Gasteiger partial charge in [0.25, 0.3) is 0 Å². The summed E-state index contributed by atoms with van der Waals surface area (Å²) in [4.78, 5) is 12.7. The molecule has 1 aromatic rings. The van der Waals surface area contributed by atoms with Crippen LogP contribution in [0.4, 0.5) is 0 Å². The van der Waals surface area contributed by atoms with Gasteiger partial charge in [-0.2, -0.15) is 5.10 Å². The molecule has 0 amide bonds. The van der Waals surface area contributed by atoms with Gasteiger partial charge in [-0.15, -0.1) is 0 Å². The van der Waals surface area contributed by atoms with Crippen LogP contribution in [0.2, 0.25) is 5.02 Å². The summed E-state index contributed by atoms with van der Waals surface area (Å²) in [5.41, 5.74) is -0.287. The summed E-state index contributed by atoms with van der Waals surface area (Å²) >= 11 is 6.11. The van der Waals surface area contributed by atoms with E-state index in [1.165, 1.54) is 6.20 Å². The highest BCUT2D eigenvalue weighted by atomic mass is 35.5. The molecule has 1 saturated heterocycles. The number of hydrogen-bond donors (Lipinski definition) is 0. The van der Waals surface area contributed by atoms with Gasteiger partial charge in [-0.3, -0.25) is 9.48 Å². The fraction of sp³-hybridized carbons (Fsp3) is 0.692. The highest BCUT2D eigenvalue weighted by Gasteiger charge is 2.39. The molecular weight excluding hydrogens is 252 g/mol. The molecule has 0 radical (unpaired) electrons. The van der Waals surface area contributed by atoms with Gasteiger partial charge in [0.2, 0.25) is 5.78 Å². The molecule has 2 rings (SSSR count). The number of carbonyl (C=O) groups is 1. The van der Waals surface area contributed by atoms with E-state index in [4.69, 9.17) is 16.3 Å². The van der Waals surface area contributed by atoms with E-state index < -0.39 is 5.60 Å². The number of rotatable bonds is 3. The lowest BCUT2D eigenvalue weighted by Crippen LogP contribution is -2.42. The van der Waals surface area contributed by atoms with Gasteiger partial charge in [0.05, 0.1) is 11.2 Å². The van der Waals surface area contributed by atoms with Gasteiger partial charge in [0.15, 0.2) is 0 Å². The summed E-state index contributed by atoms with van der Waals surface area (Å²) in [6.45, 7) is 6.44.